The molecule has 2 N–H and O–H groups in total. The Morgan fingerprint density at radius 3 is 2.52 bits per heavy atom. The number of aryl methyl sites for hydroxylation is 1. The molecule has 0 saturated carbocycles. The van der Waals surface area contributed by atoms with Crippen LogP contribution in [0.25, 0.3) is 0 Å². The zero-order valence-corrected chi connectivity index (χ0v) is 12.7. The third kappa shape index (κ3) is 3.97. The number of anilines is 2. The molecular weight excluding hydrogens is 290 g/mol. The van der Waals surface area contributed by atoms with Crippen molar-refractivity contribution in [3.8, 4) is 0 Å². The predicted molar refractivity (Wildman–Crippen MR) is 88.6 cm³/mol. The number of rotatable bonds is 5. The van der Waals surface area contributed by atoms with Crippen molar-refractivity contribution in [1.29, 1.82) is 0 Å². The van der Waals surface area contributed by atoms with Crippen LogP contribution in [0, 0.1) is 6.92 Å². The summed E-state index contributed by atoms with van der Waals surface area (Å²) in [5.74, 6) is 0.472. The molecule has 0 radical (unpaired) electrons. The van der Waals surface area contributed by atoms with Crippen molar-refractivity contribution in [1.82, 2.24) is 10.3 Å². The van der Waals surface area contributed by atoms with E-state index in [2.05, 4.69) is 15.6 Å². The minimum atomic E-state index is -0.233. The van der Waals surface area contributed by atoms with Gasteiger partial charge in [-0.3, -0.25) is 4.79 Å². The van der Waals surface area contributed by atoms with Gasteiger partial charge < -0.3 is 15.1 Å². The van der Waals surface area contributed by atoms with E-state index in [1.165, 1.54) is 5.56 Å². The molecule has 0 aliphatic heterocycles. The molecule has 2 aromatic heterocycles. The maximum absolute atomic E-state index is 12.0. The lowest BCUT2D eigenvalue weighted by Crippen LogP contribution is -2.23. The van der Waals surface area contributed by atoms with Gasteiger partial charge in [0.15, 0.2) is 0 Å². The quantitative estimate of drug-likeness (QED) is 0.755. The molecule has 116 valence electrons. The summed E-state index contributed by atoms with van der Waals surface area (Å²) in [6.45, 7) is 2.39. The molecule has 0 fully saturated rings. The van der Waals surface area contributed by atoms with E-state index in [0.29, 0.717) is 18.0 Å². The predicted octanol–water partition coefficient (Wildman–Crippen LogP) is 3.66. The first-order chi connectivity index (χ1) is 11.2. The molecule has 2 heterocycles. The number of hydrogen-bond donors (Lipinski definition) is 2. The van der Waals surface area contributed by atoms with Gasteiger partial charge in [0.25, 0.3) is 5.91 Å². The van der Waals surface area contributed by atoms with Gasteiger partial charge in [0.2, 0.25) is 0 Å². The van der Waals surface area contributed by atoms with Gasteiger partial charge in [0.05, 0.1) is 24.7 Å². The molecule has 3 rings (SSSR count). The Hall–Kier alpha value is -3.08. The molecule has 5 nitrogen and oxygen atoms in total. The Morgan fingerprint density at radius 1 is 1.09 bits per heavy atom. The van der Waals surface area contributed by atoms with E-state index < -0.39 is 0 Å². The molecule has 23 heavy (non-hydrogen) atoms. The lowest BCUT2D eigenvalue weighted by molar-refractivity contribution is 0.0943. The van der Waals surface area contributed by atoms with Gasteiger partial charge in [-0.25, -0.2) is 4.98 Å². The van der Waals surface area contributed by atoms with E-state index in [0.717, 1.165) is 11.4 Å². The number of pyridine rings is 1. The Bertz CT molecular complexity index is 763. The fourth-order valence-corrected chi connectivity index (χ4v) is 2.08. The molecule has 0 atom stereocenters. The lowest BCUT2D eigenvalue weighted by Gasteiger charge is -2.07. The van der Waals surface area contributed by atoms with Gasteiger partial charge in [-0.15, -0.1) is 0 Å². The molecular formula is C18H17N3O2. The maximum atomic E-state index is 12.0. The number of aromatic nitrogens is 1. The first-order valence-electron chi connectivity index (χ1n) is 7.31. The molecule has 0 aliphatic carbocycles. The zero-order valence-electron chi connectivity index (χ0n) is 12.7. The monoisotopic (exact) mass is 307 g/mol. The van der Waals surface area contributed by atoms with Crippen LogP contribution in [-0.2, 0) is 6.54 Å². The number of hydrogen-bond acceptors (Lipinski definition) is 4. The van der Waals surface area contributed by atoms with Crippen LogP contribution in [0.5, 0.6) is 0 Å². The van der Waals surface area contributed by atoms with Crippen LogP contribution in [-0.4, -0.2) is 10.9 Å². The van der Waals surface area contributed by atoms with Crippen LogP contribution < -0.4 is 10.6 Å². The van der Waals surface area contributed by atoms with Crippen molar-refractivity contribution in [2.24, 2.45) is 0 Å². The molecule has 0 saturated heterocycles. The number of nitrogens with zero attached hydrogens (tertiary/aromatic N) is 1. The van der Waals surface area contributed by atoms with Crippen molar-refractivity contribution in [3.63, 3.8) is 0 Å². The van der Waals surface area contributed by atoms with Gasteiger partial charge in [-0.05, 0) is 43.3 Å². The molecule has 0 aliphatic rings. The number of benzene rings is 1. The second-order valence-corrected chi connectivity index (χ2v) is 5.19. The Kier molecular flexibility index (Phi) is 4.38. The summed E-state index contributed by atoms with van der Waals surface area (Å²) in [5, 5.41) is 6.00. The zero-order chi connectivity index (χ0) is 16.1. The number of carbonyl (C=O) groups excluding carboxylic acids is 1. The van der Waals surface area contributed by atoms with Crippen LogP contribution in [0.15, 0.2) is 65.4 Å². The molecule has 0 spiro atoms. The Morgan fingerprint density at radius 2 is 1.87 bits per heavy atom. The molecule has 5 heteroatoms. The van der Waals surface area contributed by atoms with E-state index >= 15 is 0 Å². The second kappa shape index (κ2) is 6.79. The normalized spacial score (nSPS) is 10.3. The highest BCUT2D eigenvalue weighted by atomic mass is 16.3. The van der Waals surface area contributed by atoms with Crippen molar-refractivity contribution >= 4 is 17.3 Å². The summed E-state index contributed by atoms with van der Waals surface area (Å²) in [6, 6.07) is 15.2. The summed E-state index contributed by atoms with van der Waals surface area (Å²) in [7, 11) is 0. The number of amides is 1. The first-order valence-corrected chi connectivity index (χ1v) is 7.31. The highest BCUT2D eigenvalue weighted by Crippen LogP contribution is 2.16. The van der Waals surface area contributed by atoms with E-state index in [1.807, 2.05) is 43.3 Å². The summed E-state index contributed by atoms with van der Waals surface area (Å²) in [4.78, 5) is 16.2. The van der Waals surface area contributed by atoms with Crippen molar-refractivity contribution in [2.45, 2.75) is 13.5 Å². The first kappa shape index (κ1) is 14.8. The minimum absolute atomic E-state index is 0.233. The minimum Gasteiger partial charge on any atom is -0.467 e. The van der Waals surface area contributed by atoms with Gasteiger partial charge >= 0.3 is 0 Å². The largest absolute Gasteiger partial charge is 0.467 e. The van der Waals surface area contributed by atoms with Gasteiger partial charge in [-0.2, -0.15) is 0 Å². The molecule has 0 unspecified atom stereocenters. The third-order valence-electron chi connectivity index (χ3n) is 3.34. The van der Waals surface area contributed by atoms with Crippen LogP contribution in [0.3, 0.4) is 0 Å². The summed E-state index contributed by atoms with van der Waals surface area (Å²) in [5.41, 5.74) is 3.38. The summed E-state index contributed by atoms with van der Waals surface area (Å²) < 4.78 is 5.17. The molecule has 3 aromatic rings. The van der Waals surface area contributed by atoms with Gasteiger partial charge in [0, 0.05) is 5.69 Å². The van der Waals surface area contributed by atoms with E-state index in [4.69, 9.17) is 4.42 Å². The van der Waals surface area contributed by atoms with Crippen molar-refractivity contribution in [2.75, 3.05) is 5.32 Å². The summed E-state index contributed by atoms with van der Waals surface area (Å²) >= 11 is 0. The van der Waals surface area contributed by atoms with Gasteiger partial charge in [-0.1, -0.05) is 17.7 Å². The molecule has 1 amide bonds. The number of carbonyl (C=O) groups is 1. The van der Waals surface area contributed by atoms with Crippen LogP contribution >= 0.6 is 0 Å². The fourth-order valence-electron chi connectivity index (χ4n) is 2.08. The highest BCUT2D eigenvalue weighted by Gasteiger charge is 2.07. The Labute approximate surface area is 134 Å². The SMILES string of the molecule is Cc1ccc(Nc2ccc(C(=O)NCc3ccco3)nc2)cc1. The van der Waals surface area contributed by atoms with E-state index in [9.17, 15) is 4.79 Å². The average Bonchev–Trinajstić information content (AvgIpc) is 3.09. The van der Waals surface area contributed by atoms with Crippen LogP contribution in [0.1, 0.15) is 21.8 Å². The maximum Gasteiger partial charge on any atom is 0.270 e. The fraction of sp³-hybridized carbons (Fsp3) is 0.111. The van der Waals surface area contributed by atoms with E-state index in [-0.39, 0.29) is 5.91 Å². The number of nitrogens with one attached hydrogen (secondary N) is 2. The van der Waals surface area contributed by atoms with Crippen LogP contribution in [0.2, 0.25) is 0 Å². The standard InChI is InChI=1S/C18H17N3O2/c1-13-4-6-14(7-5-13)21-15-8-9-17(19-11-15)18(22)20-12-16-3-2-10-23-16/h2-11,21H,12H2,1H3,(H,20,22). The van der Waals surface area contributed by atoms with Crippen LogP contribution in [0.4, 0.5) is 11.4 Å². The highest BCUT2D eigenvalue weighted by molar-refractivity contribution is 5.92. The third-order valence-corrected chi connectivity index (χ3v) is 3.34. The van der Waals surface area contributed by atoms with Crippen molar-refractivity contribution in [3.05, 3.63) is 78.0 Å². The molecule has 0 bridgehead atoms. The summed E-state index contributed by atoms with van der Waals surface area (Å²) in [6.07, 6.45) is 3.22. The van der Waals surface area contributed by atoms with E-state index in [1.54, 1.807) is 24.6 Å². The lowest BCUT2D eigenvalue weighted by atomic mass is 10.2. The smallest absolute Gasteiger partial charge is 0.270 e. The second-order valence-electron chi connectivity index (χ2n) is 5.19. The topological polar surface area (TPSA) is 67.2 Å². The Balaban J connectivity index is 1.59. The van der Waals surface area contributed by atoms with Crippen molar-refractivity contribution < 1.29 is 9.21 Å². The number of furan rings is 1. The average molecular weight is 307 g/mol. The van der Waals surface area contributed by atoms with Gasteiger partial charge in [0.1, 0.15) is 11.5 Å². The molecule has 1 aromatic carbocycles.